The third-order valence-corrected chi connectivity index (χ3v) is 3.35. The normalized spacial score (nSPS) is 14.7. The van der Waals surface area contributed by atoms with Gasteiger partial charge in [0.05, 0.1) is 0 Å². The van der Waals surface area contributed by atoms with Crippen molar-refractivity contribution in [1.82, 2.24) is 0 Å². The molecule has 0 aromatic carbocycles. The molecule has 0 amide bonds. The first kappa shape index (κ1) is 12.7. The van der Waals surface area contributed by atoms with Crippen molar-refractivity contribution >= 4 is 0 Å². The van der Waals surface area contributed by atoms with Crippen LogP contribution in [0.4, 0.5) is 0 Å². The fourth-order valence-corrected chi connectivity index (χ4v) is 1.52. The molecular weight excluding hydrogens is 164 g/mol. The van der Waals surface area contributed by atoms with Gasteiger partial charge in [0.2, 0.25) is 0 Å². The van der Waals surface area contributed by atoms with Gasteiger partial charge in [-0.3, -0.25) is 0 Å². The number of hydrogen-bond acceptors (Lipinski definition) is 2. The third-order valence-electron chi connectivity index (χ3n) is 3.35. The van der Waals surface area contributed by atoms with Crippen LogP contribution in [0.2, 0.25) is 0 Å². The van der Waals surface area contributed by atoms with Crippen molar-refractivity contribution in [2.24, 2.45) is 17.3 Å². The van der Waals surface area contributed by atoms with Crippen LogP contribution in [0.25, 0.3) is 0 Å². The topological polar surface area (TPSA) is 40.5 Å². The lowest BCUT2D eigenvalue weighted by Crippen LogP contribution is -2.36. The molecule has 0 aliphatic rings. The molecule has 0 radical (unpaired) electrons. The van der Waals surface area contributed by atoms with Crippen molar-refractivity contribution in [1.29, 1.82) is 0 Å². The van der Waals surface area contributed by atoms with Gasteiger partial charge in [0.1, 0.15) is 0 Å². The molecule has 1 unspecified atom stereocenters. The molecule has 0 rings (SSSR count). The molecule has 2 nitrogen and oxygen atoms in total. The summed E-state index contributed by atoms with van der Waals surface area (Å²) in [6, 6.07) is 0. The van der Waals surface area contributed by atoms with Gasteiger partial charge in [-0.2, -0.15) is 0 Å². The molecule has 1 atom stereocenters. The second-order valence-corrected chi connectivity index (χ2v) is 4.45. The summed E-state index contributed by atoms with van der Waals surface area (Å²) < 4.78 is 0. The van der Waals surface area contributed by atoms with Gasteiger partial charge in [-0.25, -0.2) is 0 Å². The van der Waals surface area contributed by atoms with Crippen molar-refractivity contribution in [3.05, 3.63) is 12.2 Å². The summed E-state index contributed by atoms with van der Waals surface area (Å²) in [5.41, 5.74) is 0.993. The Morgan fingerprint density at radius 1 is 1.31 bits per heavy atom. The molecule has 2 N–H and O–H groups in total. The Hall–Kier alpha value is -0.340. The summed E-state index contributed by atoms with van der Waals surface area (Å²) in [4.78, 5) is 0. The first-order valence-electron chi connectivity index (χ1n) is 4.75. The molecule has 0 saturated carbocycles. The highest BCUT2D eigenvalue weighted by Gasteiger charge is 2.34. The molecule has 0 heterocycles. The van der Waals surface area contributed by atoms with E-state index in [-0.39, 0.29) is 24.5 Å². The van der Waals surface area contributed by atoms with Gasteiger partial charge in [0, 0.05) is 19.1 Å². The van der Waals surface area contributed by atoms with Crippen molar-refractivity contribution in [2.45, 2.75) is 27.7 Å². The first-order chi connectivity index (χ1) is 5.87. The van der Waals surface area contributed by atoms with Crippen molar-refractivity contribution < 1.29 is 10.2 Å². The van der Waals surface area contributed by atoms with Crippen LogP contribution in [0.15, 0.2) is 12.2 Å². The quantitative estimate of drug-likeness (QED) is 0.643. The highest BCUT2D eigenvalue weighted by molar-refractivity contribution is 5.02. The highest BCUT2D eigenvalue weighted by Crippen LogP contribution is 2.38. The van der Waals surface area contributed by atoms with E-state index in [1.165, 1.54) is 0 Å². The van der Waals surface area contributed by atoms with Crippen LogP contribution in [-0.4, -0.2) is 23.4 Å². The molecular formula is C11H22O2. The van der Waals surface area contributed by atoms with Crippen LogP contribution in [0.3, 0.4) is 0 Å². The van der Waals surface area contributed by atoms with Gasteiger partial charge >= 0.3 is 0 Å². The summed E-state index contributed by atoms with van der Waals surface area (Å²) in [5, 5.41) is 18.2. The molecule has 13 heavy (non-hydrogen) atoms. The van der Waals surface area contributed by atoms with Crippen LogP contribution in [0.5, 0.6) is 0 Å². The molecule has 0 aromatic heterocycles. The van der Waals surface area contributed by atoms with E-state index in [4.69, 9.17) is 10.2 Å². The van der Waals surface area contributed by atoms with E-state index in [2.05, 4.69) is 27.4 Å². The van der Waals surface area contributed by atoms with Crippen molar-refractivity contribution in [3.8, 4) is 0 Å². The monoisotopic (exact) mass is 186 g/mol. The number of aliphatic hydroxyl groups is 2. The average Bonchev–Trinajstić information content (AvgIpc) is 2.04. The average molecular weight is 186 g/mol. The zero-order valence-electron chi connectivity index (χ0n) is 9.17. The minimum atomic E-state index is -0.102. The Bertz CT molecular complexity index is 169. The Morgan fingerprint density at radius 3 is 1.92 bits per heavy atom. The molecule has 0 bridgehead atoms. The Morgan fingerprint density at radius 2 is 1.69 bits per heavy atom. The second-order valence-electron chi connectivity index (χ2n) is 4.45. The van der Waals surface area contributed by atoms with E-state index in [0.717, 1.165) is 5.57 Å². The maximum Gasteiger partial charge on any atom is 0.0486 e. The maximum atomic E-state index is 9.10. The number of allylic oxidation sites excluding steroid dienone is 1. The molecule has 2 heteroatoms. The van der Waals surface area contributed by atoms with Crippen molar-refractivity contribution in [3.63, 3.8) is 0 Å². The van der Waals surface area contributed by atoms with Gasteiger partial charge in [0.25, 0.3) is 0 Å². The third kappa shape index (κ3) is 2.82. The lowest BCUT2D eigenvalue weighted by molar-refractivity contribution is 0.0365. The van der Waals surface area contributed by atoms with Gasteiger partial charge in [-0.1, -0.05) is 32.9 Å². The van der Waals surface area contributed by atoms with Gasteiger partial charge in [-0.15, -0.1) is 0 Å². The fourth-order valence-electron chi connectivity index (χ4n) is 1.52. The summed E-state index contributed by atoms with van der Waals surface area (Å²) in [6.07, 6.45) is 0. The number of rotatable bonds is 5. The second kappa shape index (κ2) is 4.77. The standard InChI is InChI=1S/C11H22O2/c1-8(2)9(3)11(4,5)10(6-12)7-13/h9-10,12-13H,1,6-7H2,2-5H3. The molecule has 0 fully saturated rings. The minimum absolute atomic E-state index is 0.0289. The smallest absolute Gasteiger partial charge is 0.0486 e. The summed E-state index contributed by atoms with van der Waals surface area (Å²) in [5.74, 6) is 0.232. The van der Waals surface area contributed by atoms with E-state index in [1.807, 2.05) is 6.92 Å². The lowest BCUT2D eigenvalue weighted by atomic mass is 9.68. The molecule has 78 valence electrons. The fraction of sp³-hybridized carbons (Fsp3) is 0.818. The molecule has 0 saturated heterocycles. The summed E-state index contributed by atoms with van der Waals surface area (Å²) in [6.45, 7) is 12.2. The van der Waals surface area contributed by atoms with Gasteiger partial charge in [-0.05, 0) is 18.3 Å². The van der Waals surface area contributed by atoms with E-state index in [1.54, 1.807) is 0 Å². The van der Waals surface area contributed by atoms with Gasteiger partial charge in [0.15, 0.2) is 0 Å². The molecule has 0 aromatic rings. The van der Waals surface area contributed by atoms with E-state index < -0.39 is 0 Å². The summed E-state index contributed by atoms with van der Waals surface area (Å²) in [7, 11) is 0. The minimum Gasteiger partial charge on any atom is -0.396 e. The molecule has 0 aliphatic heterocycles. The highest BCUT2D eigenvalue weighted by atomic mass is 16.3. The number of hydrogen-bond donors (Lipinski definition) is 2. The molecule has 0 aliphatic carbocycles. The maximum absolute atomic E-state index is 9.10. The van der Waals surface area contributed by atoms with E-state index >= 15 is 0 Å². The van der Waals surface area contributed by atoms with E-state index in [0.29, 0.717) is 5.92 Å². The van der Waals surface area contributed by atoms with Gasteiger partial charge < -0.3 is 10.2 Å². The predicted molar refractivity (Wildman–Crippen MR) is 55.4 cm³/mol. The molecule has 0 spiro atoms. The predicted octanol–water partition coefficient (Wildman–Crippen LogP) is 1.83. The van der Waals surface area contributed by atoms with E-state index in [9.17, 15) is 0 Å². The SMILES string of the molecule is C=C(C)C(C)C(C)(C)C(CO)CO. The van der Waals surface area contributed by atoms with Crippen molar-refractivity contribution in [2.75, 3.05) is 13.2 Å². The Balaban J connectivity index is 4.60. The van der Waals surface area contributed by atoms with Crippen LogP contribution in [0, 0.1) is 17.3 Å². The summed E-state index contributed by atoms with van der Waals surface area (Å²) >= 11 is 0. The van der Waals surface area contributed by atoms with Crippen LogP contribution < -0.4 is 0 Å². The van der Waals surface area contributed by atoms with Crippen LogP contribution >= 0.6 is 0 Å². The Kier molecular flexibility index (Phi) is 4.65. The van der Waals surface area contributed by atoms with Crippen LogP contribution in [0.1, 0.15) is 27.7 Å². The van der Waals surface area contributed by atoms with Crippen LogP contribution in [-0.2, 0) is 0 Å². The lowest BCUT2D eigenvalue weighted by Gasteiger charge is -2.38. The Labute approximate surface area is 81.3 Å². The number of aliphatic hydroxyl groups excluding tert-OH is 2. The first-order valence-corrected chi connectivity index (χ1v) is 4.75. The zero-order valence-corrected chi connectivity index (χ0v) is 9.17. The largest absolute Gasteiger partial charge is 0.396 e. The zero-order chi connectivity index (χ0) is 10.6.